The van der Waals surface area contributed by atoms with Gasteiger partial charge in [-0.15, -0.1) is 23.1 Å². The lowest BCUT2D eigenvalue weighted by Gasteiger charge is -2.24. The normalized spacial score (nSPS) is 19.5. The third-order valence-corrected chi connectivity index (χ3v) is 5.42. The van der Waals surface area contributed by atoms with Crippen molar-refractivity contribution in [3.05, 3.63) is 46.8 Å². The number of carbonyl (C=O) groups excluding carboxylic acids is 1. The zero-order chi connectivity index (χ0) is 14.1. The molecule has 0 radical (unpaired) electrons. The maximum atomic E-state index is 12.3. The fourth-order valence-electron chi connectivity index (χ4n) is 2.12. The molecule has 2 N–H and O–H groups in total. The van der Waals surface area contributed by atoms with Crippen LogP contribution in [0.15, 0.2) is 41.9 Å². The molecule has 1 unspecified atom stereocenters. The molecule has 1 aromatic heterocycles. The van der Waals surface area contributed by atoms with E-state index in [0.717, 1.165) is 15.1 Å². The lowest BCUT2D eigenvalue weighted by Crippen LogP contribution is -2.44. The molecule has 3 rings (SSSR count). The molecule has 0 saturated heterocycles. The Balaban J connectivity index is 1.72. The zero-order valence-electron chi connectivity index (χ0n) is 10.8. The van der Waals surface area contributed by atoms with E-state index in [4.69, 9.17) is 0 Å². The summed E-state index contributed by atoms with van der Waals surface area (Å²) in [4.78, 5) is 13.0. The van der Waals surface area contributed by atoms with Crippen molar-refractivity contribution in [3.8, 4) is 0 Å². The van der Waals surface area contributed by atoms with Crippen LogP contribution in [0.3, 0.4) is 0 Å². The number of benzene rings is 1. The van der Waals surface area contributed by atoms with Crippen LogP contribution in [-0.2, 0) is 0 Å². The number of thiophene rings is 1. The van der Waals surface area contributed by atoms with E-state index in [-0.39, 0.29) is 17.3 Å². The minimum absolute atomic E-state index is 0.0976. The molecular formula is C14H14N2O2S2. The molecule has 4 nitrogen and oxygen atoms in total. The number of hydroxylamine groups is 2. The van der Waals surface area contributed by atoms with E-state index < -0.39 is 0 Å². The average molecular weight is 306 g/mol. The van der Waals surface area contributed by atoms with Crippen LogP contribution < -0.4 is 5.32 Å². The third kappa shape index (κ3) is 2.54. The van der Waals surface area contributed by atoms with E-state index in [1.54, 1.807) is 6.20 Å². The molecule has 20 heavy (non-hydrogen) atoms. The second-order valence-corrected chi connectivity index (χ2v) is 6.71. The lowest BCUT2D eigenvalue weighted by atomic mass is 10.2. The van der Waals surface area contributed by atoms with Crippen LogP contribution >= 0.6 is 23.1 Å². The van der Waals surface area contributed by atoms with Crippen LogP contribution in [0.25, 0.3) is 10.1 Å². The highest BCUT2D eigenvalue weighted by Gasteiger charge is 2.26. The summed E-state index contributed by atoms with van der Waals surface area (Å²) in [5.41, 5.74) is 0. The van der Waals surface area contributed by atoms with E-state index in [1.165, 1.54) is 23.1 Å². The van der Waals surface area contributed by atoms with Crippen molar-refractivity contribution in [1.82, 2.24) is 10.4 Å². The highest BCUT2D eigenvalue weighted by Crippen LogP contribution is 2.27. The predicted octanol–water partition coefficient (Wildman–Crippen LogP) is 3.25. The fourth-order valence-corrected chi connectivity index (χ4v) is 3.94. The molecule has 1 amide bonds. The first-order valence-corrected chi connectivity index (χ1v) is 8.00. The van der Waals surface area contributed by atoms with Gasteiger partial charge in [0.2, 0.25) is 0 Å². The number of nitrogens with zero attached hydrogens (tertiary/aromatic N) is 1. The number of thioether (sulfide) groups is 1. The Bertz CT molecular complexity index is 635. The fraction of sp³-hybridized carbons (Fsp3) is 0.214. The molecule has 0 fully saturated rings. The summed E-state index contributed by atoms with van der Waals surface area (Å²) in [6, 6.07) is 9.68. The van der Waals surface area contributed by atoms with Crippen LogP contribution in [0.4, 0.5) is 0 Å². The second-order valence-electron chi connectivity index (χ2n) is 4.60. The van der Waals surface area contributed by atoms with E-state index in [9.17, 15) is 10.0 Å². The molecule has 0 spiro atoms. The Hall–Kier alpha value is -1.50. The summed E-state index contributed by atoms with van der Waals surface area (Å²) < 4.78 is 1.10. The first-order valence-electron chi connectivity index (χ1n) is 6.24. The number of fused-ring (bicyclic) bond motifs is 1. The molecule has 1 aliphatic heterocycles. The molecule has 0 bridgehead atoms. The molecule has 0 saturated carbocycles. The van der Waals surface area contributed by atoms with Gasteiger partial charge in [-0.1, -0.05) is 18.2 Å². The van der Waals surface area contributed by atoms with Gasteiger partial charge in [0.15, 0.2) is 0 Å². The van der Waals surface area contributed by atoms with Crippen molar-refractivity contribution in [2.45, 2.75) is 18.3 Å². The highest BCUT2D eigenvalue weighted by atomic mass is 32.2. The molecule has 0 aliphatic carbocycles. The van der Waals surface area contributed by atoms with Crippen molar-refractivity contribution < 1.29 is 10.0 Å². The third-order valence-electron chi connectivity index (χ3n) is 3.13. The van der Waals surface area contributed by atoms with Gasteiger partial charge in [0.25, 0.3) is 5.91 Å². The number of rotatable bonds is 3. The SMILES string of the molecule is C[C@@H](NC(=O)c1cc2ccccc2s1)C1SC=CN1O. The van der Waals surface area contributed by atoms with Crippen molar-refractivity contribution in [2.75, 3.05) is 0 Å². The van der Waals surface area contributed by atoms with Gasteiger partial charge in [-0.3, -0.25) is 10.0 Å². The highest BCUT2D eigenvalue weighted by molar-refractivity contribution is 8.02. The monoisotopic (exact) mass is 306 g/mol. The molecule has 1 aromatic carbocycles. The molecule has 104 valence electrons. The Morgan fingerprint density at radius 3 is 2.95 bits per heavy atom. The topological polar surface area (TPSA) is 52.6 Å². The van der Waals surface area contributed by atoms with Gasteiger partial charge in [-0.2, -0.15) is 0 Å². The maximum Gasteiger partial charge on any atom is 0.261 e. The largest absolute Gasteiger partial charge is 0.346 e. The molecule has 2 atom stereocenters. The number of hydrogen-bond donors (Lipinski definition) is 2. The first-order chi connectivity index (χ1) is 9.65. The number of carbonyl (C=O) groups is 1. The summed E-state index contributed by atoms with van der Waals surface area (Å²) in [7, 11) is 0. The lowest BCUT2D eigenvalue weighted by molar-refractivity contribution is -0.0548. The van der Waals surface area contributed by atoms with Gasteiger partial charge in [-0.05, 0) is 29.9 Å². The molecule has 2 aromatic rings. The van der Waals surface area contributed by atoms with Gasteiger partial charge in [0.05, 0.1) is 10.9 Å². The van der Waals surface area contributed by atoms with Gasteiger partial charge in [0.1, 0.15) is 5.37 Å². The molecular weight excluding hydrogens is 292 g/mol. The smallest absolute Gasteiger partial charge is 0.261 e. The summed E-state index contributed by atoms with van der Waals surface area (Å²) in [5, 5.41) is 16.4. The quantitative estimate of drug-likeness (QED) is 0.914. The van der Waals surface area contributed by atoms with E-state index >= 15 is 0 Å². The molecule has 2 heterocycles. The van der Waals surface area contributed by atoms with Gasteiger partial charge in [-0.25, -0.2) is 5.06 Å². The van der Waals surface area contributed by atoms with Gasteiger partial charge >= 0.3 is 0 Å². The summed E-state index contributed by atoms with van der Waals surface area (Å²) >= 11 is 2.96. The van der Waals surface area contributed by atoms with Crippen LogP contribution in [0.2, 0.25) is 0 Å². The Morgan fingerprint density at radius 2 is 2.25 bits per heavy atom. The first kappa shape index (κ1) is 13.5. The summed E-state index contributed by atoms with van der Waals surface area (Å²) in [6.07, 6.45) is 1.59. The zero-order valence-corrected chi connectivity index (χ0v) is 12.4. The van der Waals surface area contributed by atoms with E-state index in [0.29, 0.717) is 4.88 Å². The van der Waals surface area contributed by atoms with Crippen LogP contribution in [0.5, 0.6) is 0 Å². The van der Waals surface area contributed by atoms with E-state index in [2.05, 4.69) is 5.32 Å². The average Bonchev–Trinajstić information content (AvgIpc) is 3.04. The van der Waals surface area contributed by atoms with Crippen molar-refractivity contribution >= 4 is 39.1 Å². The number of hydrogen-bond acceptors (Lipinski definition) is 5. The number of amides is 1. The van der Waals surface area contributed by atoms with Gasteiger partial charge in [0, 0.05) is 10.9 Å². The van der Waals surface area contributed by atoms with Gasteiger partial charge < -0.3 is 5.32 Å². The van der Waals surface area contributed by atoms with Crippen molar-refractivity contribution in [3.63, 3.8) is 0 Å². The van der Waals surface area contributed by atoms with Crippen LogP contribution in [0.1, 0.15) is 16.6 Å². The number of nitrogens with one attached hydrogen (secondary N) is 1. The van der Waals surface area contributed by atoms with Crippen molar-refractivity contribution in [1.29, 1.82) is 0 Å². The molecule has 6 heteroatoms. The standard InChI is InChI=1S/C14H14N2O2S2/c1-9(14-16(18)6-7-19-14)15-13(17)12-8-10-4-2-3-5-11(10)20-12/h2-9,14,18H,1H3,(H,15,17)/t9-,14?/m1/s1. The Labute approximate surface area is 125 Å². The van der Waals surface area contributed by atoms with E-state index in [1.807, 2.05) is 42.7 Å². The second kappa shape index (κ2) is 5.47. The minimum Gasteiger partial charge on any atom is -0.346 e. The predicted molar refractivity (Wildman–Crippen MR) is 82.9 cm³/mol. The van der Waals surface area contributed by atoms with Crippen LogP contribution in [-0.4, -0.2) is 27.6 Å². The van der Waals surface area contributed by atoms with Crippen molar-refractivity contribution in [2.24, 2.45) is 0 Å². The summed E-state index contributed by atoms with van der Waals surface area (Å²) in [5.74, 6) is -0.0976. The Morgan fingerprint density at radius 1 is 1.45 bits per heavy atom. The maximum absolute atomic E-state index is 12.3. The van der Waals surface area contributed by atoms with Crippen LogP contribution in [0, 0.1) is 0 Å². The molecule has 1 aliphatic rings. The minimum atomic E-state index is -0.173. The Kier molecular flexibility index (Phi) is 3.69. The summed E-state index contributed by atoms with van der Waals surface area (Å²) in [6.45, 7) is 1.89.